The minimum absolute atomic E-state index is 0.0730. The van der Waals surface area contributed by atoms with Gasteiger partial charge in [0.1, 0.15) is 18.9 Å². The van der Waals surface area contributed by atoms with Crippen molar-refractivity contribution in [2.45, 2.75) is 88.5 Å². The Bertz CT molecular complexity index is 1140. The number of benzene rings is 1. The molecule has 3 amide bonds. The highest BCUT2D eigenvalue weighted by atomic mass is 19.3. The van der Waals surface area contributed by atoms with Crippen LogP contribution in [0.3, 0.4) is 0 Å². The first-order valence-corrected chi connectivity index (χ1v) is 16.0. The number of terminal acetylenes is 2. The maximum absolute atomic E-state index is 13.6. The molecule has 12 heteroatoms. The lowest BCUT2D eigenvalue weighted by Gasteiger charge is -2.33. The Hall–Kier alpha value is -3.58. The molecule has 0 spiro atoms. The lowest BCUT2D eigenvalue weighted by atomic mass is 9.82. The van der Waals surface area contributed by atoms with E-state index >= 15 is 0 Å². The molecular weight excluding hydrogens is 613 g/mol. The van der Waals surface area contributed by atoms with Crippen molar-refractivity contribution >= 4 is 17.7 Å². The average molecular weight is 665 g/mol. The highest BCUT2D eigenvalue weighted by Crippen LogP contribution is 2.28. The molecule has 5 atom stereocenters. The Balaban J connectivity index is 0.00000354. The fraction of sp³-hybridized carbons (Fsp3) is 0.629. The van der Waals surface area contributed by atoms with Crippen LogP contribution in [-0.4, -0.2) is 103 Å². The molecule has 1 aliphatic rings. The molecule has 0 aromatic heterocycles. The van der Waals surface area contributed by atoms with E-state index in [-0.39, 0.29) is 44.1 Å². The molecule has 0 saturated heterocycles. The van der Waals surface area contributed by atoms with Crippen molar-refractivity contribution in [3.05, 3.63) is 35.9 Å². The molecule has 0 heterocycles. The molecule has 9 nitrogen and oxygen atoms in total. The smallest absolute Gasteiger partial charge is 0.243 e. The molecule has 0 radical (unpaired) electrons. The molecule has 0 aliphatic heterocycles. The second kappa shape index (κ2) is 23.7. The summed E-state index contributed by atoms with van der Waals surface area (Å²) in [6.07, 6.45) is 14.0. The minimum atomic E-state index is -1.75. The maximum atomic E-state index is 13.6. The zero-order valence-corrected chi connectivity index (χ0v) is 27.6. The Morgan fingerprint density at radius 3 is 2.13 bits per heavy atom. The third-order valence-electron chi connectivity index (χ3n) is 8.29. The van der Waals surface area contributed by atoms with Gasteiger partial charge in [-0.05, 0) is 31.4 Å². The molecule has 1 aromatic carbocycles. The third-order valence-corrected chi connectivity index (χ3v) is 8.29. The van der Waals surface area contributed by atoms with Crippen molar-refractivity contribution in [2.75, 3.05) is 40.9 Å². The summed E-state index contributed by atoms with van der Waals surface area (Å²) in [6, 6.07) is 7.33. The van der Waals surface area contributed by atoms with Crippen molar-refractivity contribution in [1.82, 2.24) is 20.4 Å². The number of alkyl halides is 3. The number of carbonyl (C=O) groups excluding carboxylic acids is 3. The van der Waals surface area contributed by atoms with Crippen molar-refractivity contribution in [3.8, 4) is 24.7 Å². The van der Waals surface area contributed by atoms with E-state index < -0.39 is 55.8 Å². The molecule has 2 rings (SSSR count). The number of nitrogens with one attached hydrogen (secondary N) is 2. The third kappa shape index (κ3) is 16.2. The Morgan fingerprint density at radius 2 is 1.55 bits per heavy atom. The molecule has 1 saturated carbocycles. The predicted octanol–water partition coefficient (Wildman–Crippen LogP) is 3.14. The van der Waals surface area contributed by atoms with Crippen LogP contribution < -0.4 is 10.6 Å². The zero-order valence-electron chi connectivity index (χ0n) is 27.6. The molecule has 0 unspecified atom stereocenters. The van der Waals surface area contributed by atoms with E-state index in [1.807, 2.05) is 30.3 Å². The van der Waals surface area contributed by atoms with Gasteiger partial charge in [0, 0.05) is 39.4 Å². The lowest BCUT2D eigenvalue weighted by Crippen LogP contribution is -2.55. The number of hydrogen-bond acceptors (Lipinski definition) is 6. The maximum Gasteiger partial charge on any atom is 0.243 e. The van der Waals surface area contributed by atoms with Gasteiger partial charge in [0.05, 0.1) is 18.1 Å². The normalized spacial score (nSPS) is 16.2. The Kier molecular flexibility index (Phi) is 20.9. The van der Waals surface area contributed by atoms with E-state index in [1.54, 1.807) is 14.1 Å². The molecule has 0 bridgehead atoms. The van der Waals surface area contributed by atoms with E-state index in [0.717, 1.165) is 37.7 Å². The fourth-order valence-corrected chi connectivity index (χ4v) is 5.50. The number of amides is 3. The van der Waals surface area contributed by atoms with Crippen LogP contribution in [0.15, 0.2) is 30.3 Å². The van der Waals surface area contributed by atoms with Crippen LogP contribution >= 0.6 is 0 Å². The van der Waals surface area contributed by atoms with Gasteiger partial charge in [0.2, 0.25) is 24.6 Å². The van der Waals surface area contributed by atoms with Crippen LogP contribution in [0, 0.1) is 36.5 Å². The van der Waals surface area contributed by atoms with Gasteiger partial charge in [0.25, 0.3) is 0 Å². The quantitative estimate of drug-likeness (QED) is 0.141. The Labute approximate surface area is 277 Å². The first kappa shape index (κ1) is 41.4. The second-order valence-electron chi connectivity index (χ2n) is 12.0. The van der Waals surface area contributed by atoms with E-state index in [0.29, 0.717) is 13.0 Å². The van der Waals surface area contributed by atoms with Crippen molar-refractivity contribution in [3.63, 3.8) is 0 Å². The molecule has 4 N–H and O–H groups in total. The zero-order chi connectivity index (χ0) is 35.2. The minimum Gasteiger partial charge on any atom is -0.389 e. The largest absolute Gasteiger partial charge is 0.389 e. The summed E-state index contributed by atoms with van der Waals surface area (Å²) in [5.74, 6) is 2.86. The van der Waals surface area contributed by atoms with Gasteiger partial charge in [-0.2, -0.15) is 0 Å². The number of nitrogens with zero attached hydrogens (tertiary/aromatic N) is 2. The van der Waals surface area contributed by atoms with Gasteiger partial charge in [-0.15, -0.1) is 24.7 Å². The number of aliphatic hydroxyl groups excluding tert-OH is 2. The first-order valence-electron chi connectivity index (χ1n) is 16.0. The van der Waals surface area contributed by atoms with Gasteiger partial charge in [0.15, 0.2) is 0 Å². The van der Waals surface area contributed by atoms with E-state index in [2.05, 4.69) is 22.5 Å². The summed E-state index contributed by atoms with van der Waals surface area (Å²) in [7, 11) is 3.21. The topological polar surface area (TPSA) is 122 Å². The lowest BCUT2D eigenvalue weighted by molar-refractivity contribution is -0.137. The highest BCUT2D eigenvalue weighted by Gasteiger charge is 2.33. The summed E-state index contributed by atoms with van der Waals surface area (Å²) < 4.78 is 32.1. The van der Waals surface area contributed by atoms with Crippen LogP contribution in [0.25, 0.3) is 0 Å². The first-order chi connectivity index (χ1) is 22.5. The van der Waals surface area contributed by atoms with Gasteiger partial charge >= 0.3 is 0 Å². The summed E-state index contributed by atoms with van der Waals surface area (Å²) in [5, 5.41) is 26.9. The number of aliphatic hydroxyl groups is 2. The van der Waals surface area contributed by atoms with Gasteiger partial charge in [-0.25, -0.2) is 13.2 Å². The number of carbonyl (C=O) groups is 3. The SMILES string of the molecule is C#CC[C@H](NC(=O)[C@@H](CC(=O)N(C)CCN(C)CF)Cc1ccccc1)C(=O)N[C@@H](CC1CCCCC1)[C@@H](O)[C@@H](O)CC#C.FCF. The molecular formula is C35H51F3N4O5. The molecule has 1 aromatic rings. The fourth-order valence-electron chi connectivity index (χ4n) is 5.50. The van der Waals surface area contributed by atoms with Crippen LogP contribution in [0.2, 0.25) is 0 Å². The van der Waals surface area contributed by atoms with Crippen LogP contribution in [0.1, 0.15) is 63.4 Å². The van der Waals surface area contributed by atoms with Crippen LogP contribution in [0.4, 0.5) is 13.2 Å². The van der Waals surface area contributed by atoms with Crippen molar-refractivity contribution in [1.29, 1.82) is 0 Å². The molecule has 1 aliphatic carbocycles. The monoisotopic (exact) mass is 664 g/mol. The van der Waals surface area contributed by atoms with Crippen LogP contribution in [0.5, 0.6) is 0 Å². The molecule has 262 valence electrons. The van der Waals surface area contributed by atoms with Crippen molar-refractivity contribution < 1.29 is 37.8 Å². The van der Waals surface area contributed by atoms with E-state index in [9.17, 15) is 37.8 Å². The standard InChI is InChI=1S/C34H49FN4O5.CH2F2/c1-5-13-28(34(44)37-29(32(42)30(40)14-6-2)22-26-17-11-8-12-18-26)36-33(43)27(21-25-15-9-7-10-16-25)23-31(41)39(4)20-19-38(3)24-35;2-1-3/h1-2,7,9-10,15-16,26-30,32,40,42H,8,11-14,17-24H2,3-4H3,(H,36,43)(H,37,44);1H2/t27-,28+,29+,30+,32-;/m1./s1. The second-order valence-corrected chi connectivity index (χ2v) is 12.0. The summed E-state index contributed by atoms with van der Waals surface area (Å²) >= 11 is 0. The predicted molar refractivity (Wildman–Crippen MR) is 176 cm³/mol. The van der Waals surface area contributed by atoms with Gasteiger partial charge < -0.3 is 25.7 Å². The van der Waals surface area contributed by atoms with Gasteiger partial charge in [-0.3, -0.25) is 19.3 Å². The molecule has 1 fully saturated rings. The van der Waals surface area contributed by atoms with Crippen LogP contribution in [-0.2, 0) is 20.8 Å². The van der Waals surface area contributed by atoms with E-state index in [1.165, 1.54) is 9.80 Å². The average Bonchev–Trinajstić information content (AvgIpc) is 3.07. The van der Waals surface area contributed by atoms with Gasteiger partial charge in [-0.1, -0.05) is 62.4 Å². The molecule has 47 heavy (non-hydrogen) atoms. The number of rotatable bonds is 18. The number of halogens is 3. The number of hydrogen-bond donors (Lipinski definition) is 4. The highest BCUT2D eigenvalue weighted by molar-refractivity contribution is 5.91. The summed E-state index contributed by atoms with van der Waals surface area (Å²) in [4.78, 5) is 43.1. The van der Waals surface area contributed by atoms with E-state index in [4.69, 9.17) is 12.8 Å². The Morgan fingerprint density at radius 1 is 0.936 bits per heavy atom. The number of likely N-dealkylation sites (N-methyl/N-ethyl adjacent to an activating group) is 2. The summed E-state index contributed by atoms with van der Waals surface area (Å²) in [5.41, 5.74) is 0.844. The summed E-state index contributed by atoms with van der Waals surface area (Å²) in [6.45, 7) is -1.76. The van der Waals surface area contributed by atoms with Crippen molar-refractivity contribution in [2.24, 2.45) is 11.8 Å².